The van der Waals surface area contributed by atoms with Crippen LogP contribution in [0, 0.1) is 0 Å². The molecule has 98 valence electrons. The molecule has 2 aromatic rings. The molecule has 4 nitrogen and oxygen atoms in total. The maximum atomic E-state index is 12.5. The maximum absolute atomic E-state index is 12.5. The number of benzene rings is 2. The van der Waals surface area contributed by atoms with Gasteiger partial charge in [0, 0.05) is 0 Å². The van der Waals surface area contributed by atoms with E-state index in [1.165, 1.54) is 18.2 Å². The highest BCUT2D eigenvalue weighted by Crippen LogP contribution is 2.24. The van der Waals surface area contributed by atoms with Crippen molar-refractivity contribution in [1.82, 2.24) is 0 Å². The van der Waals surface area contributed by atoms with Gasteiger partial charge in [-0.25, -0.2) is 8.42 Å². The summed E-state index contributed by atoms with van der Waals surface area (Å²) in [7, 11) is -3.62. The molecule has 19 heavy (non-hydrogen) atoms. The van der Waals surface area contributed by atoms with Crippen LogP contribution >= 0.6 is 0 Å². The fourth-order valence-electron chi connectivity index (χ4n) is 1.83. The van der Waals surface area contributed by atoms with E-state index in [1.54, 1.807) is 36.4 Å². The first kappa shape index (κ1) is 13.3. The van der Waals surface area contributed by atoms with Crippen LogP contribution < -0.4 is 5.73 Å². The quantitative estimate of drug-likeness (QED) is 0.919. The number of carbonyl (C=O) groups is 1. The Bertz CT molecular complexity index is 694. The standard InChI is InChI=1S/C14H13NO3S/c15-14(16)10-11-6-4-5-9-13(11)19(17,18)12-7-2-1-3-8-12/h1-9H,10H2,(H2,15,16). The van der Waals surface area contributed by atoms with Crippen LogP contribution in [0.15, 0.2) is 64.4 Å². The van der Waals surface area contributed by atoms with E-state index in [1.807, 2.05) is 0 Å². The molecular formula is C14H13NO3S. The molecule has 0 atom stereocenters. The number of hydrogen-bond acceptors (Lipinski definition) is 3. The Balaban J connectivity index is 2.56. The van der Waals surface area contributed by atoms with Crippen LogP contribution in [0.25, 0.3) is 0 Å². The van der Waals surface area contributed by atoms with Crippen LogP contribution in [-0.2, 0) is 21.1 Å². The summed E-state index contributed by atoms with van der Waals surface area (Å²) < 4.78 is 25.0. The van der Waals surface area contributed by atoms with Gasteiger partial charge < -0.3 is 5.73 Å². The van der Waals surface area contributed by atoms with E-state index in [0.717, 1.165) is 0 Å². The molecule has 0 heterocycles. The Morgan fingerprint density at radius 1 is 0.947 bits per heavy atom. The minimum Gasteiger partial charge on any atom is -0.369 e. The van der Waals surface area contributed by atoms with Crippen LogP contribution in [0.5, 0.6) is 0 Å². The minimum atomic E-state index is -3.62. The van der Waals surface area contributed by atoms with E-state index in [4.69, 9.17) is 5.73 Å². The van der Waals surface area contributed by atoms with Crippen molar-refractivity contribution in [1.29, 1.82) is 0 Å². The molecule has 2 N–H and O–H groups in total. The summed E-state index contributed by atoms with van der Waals surface area (Å²) in [6.45, 7) is 0. The van der Waals surface area contributed by atoms with Crippen LogP contribution in [0.3, 0.4) is 0 Å². The van der Waals surface area contributed by atoms with Gasteiger partial charge in [-0.3, -0.25) is 4.79 Å². The molecule has 0 bridgehead atoms. The third-order valence-corrected chi connectivity index (χ3v) is 4.55. The molecule has 0 saturated carbocycles. The summed E-state index contributed by atoms with van der Waals surface area (Å²) in [4.78, 5) is 11.3. The number of primary amides is 1. The first-order valence-electron chi connectivity index (χ1n) is 5.68. The smallest absolute Gasteiger partial charge is 0.221 e. The van der Waals surface area contributed by atoms with Gasteiger partial charge in [-0.2, -0.15) is 0 Å². The molecule has 1 amide bonds. The lowest BCUT2D eigenvalue weighted by Gasteiger charge is -2.09. The maximum Gasteiger partial charge on any atom is 0.221 e. The number of sulfone groups is 1. The summed E-state index contributed by atoms with van der Waals surface area (Å²) in [5.41, 5.74) is 5.56. The fraction of sp³-hybridized carbons (Fsp3) is 0.0714. The van der Waals surface area contributed by atoms with E-state index in [-0.39, 0.29) is 16.2 Å². The monoisotopic (exact) mass is 275 g/mol. The van der Waals surface area contributed by atoms with Crippen molar-refractivity contribution in [2.24, 2.45) is 5.73 Å². The molecule has 0 aliphatic rings. The number of rotatable bonds is 4. The predicted octanol–water partition coefficient (Wildman–Crippen LogP) is 1.55. The molecule has 2 aromatic carbocycles. The van der Waals surface area contributed by atoms with Crippen molar-refractivity contribution in [2.45, 2.75) is 16.2 Å². The van der Waals surface area contributed by atoms with Crippen molar-refractivity contribution >= 4 is 15.7 Å². The van der Waals surface area contributed by atoms with Crippen molar-refractivity contribution in [2.75, 3.05) is 0 Å². The first-order valence-corrected chi connectivity index (χ1v) is 7.16. The molecule has 0 saturated heterocycles. The van der Waals surface area contributed by atoms with E-state index in [9.17, 15) is 13.2 Å². The topological polar surface area (TPSA) is 77.2 Å². The Morgan fingerprint density at radius 3 is 2.16 bits per heavy atom. The van der Waals surface area contributed by atoms with Gasteiger partial charge in [-0.15, -0.1) is 0 Å². The zero-order valence-electron chi connectivity index (χ0n) is 10.1. The average Bonchev–Trinajstić information content (AvgIpc) is 2.39. The van der Waals surface area contributed by atoms with Gasteiger partial charge in [0.1, 0.15) is 0 Å². The Kier molecular flexibility index (Phi) is 3.66. The molecule has 0 aliphatic carbocycles. The van der Waals surface area contributed by atoms with E-state index in [2.05, 4.69) is 0 Å². The summed E-state index contributed by atoms with van der Waals surface area (Å²) in [6, 6.07) is 14.5. The van der Waals surface area contributed by atoms with E-state index in [0.29, 0.717) is 5.56 Å². The van der Waals surface area contributed by atoms with Gasteiger partial charge in [0.25, 0.3) is 0 Å². The van der Waals surface area contributed by atoms with Crippen molar-refractivity contribution in [3.05, 3.63) is 60.2 Å². The third kappa shape index (κ3) is 2.82. The number of amides is 1. The lowest BCUT2D eigenvalue weighted by Crippen LogP contribution is -2.16. The van der Waals surface area contributed by atoms with Crippen LogP contribution in [-0.4, -0.2) is 14.3 Å². The largest absolute Gasteiger partial charge is 0.369 e. The lowest BCUT2D eigenvalue weighted by atomic mass is 10.1. The van der Waals surface area contributed by atoms with Gasteiger partial charge in [0.2, 0.25) is 15.7 Å². The second-order valence-corrected chi connectivity index (χ2v) is 5.99. The summed E-state index contributed by atoms with van der Waals surface area (Å²) in [5, 5.41) is 0. The van der Waals surface area contributed by atoms with Gasteiger partial charge in [-0.1, -0.05) is 36.4 Å². The van der Waals surface area contributed by atoms with Crippen LogP contribution in [0.1, 0.15) is 5.56 Å². The van der Waals surface area contributed by atoms with Gasteiger partial charge in [-0.05, 0) is 23.8 Å². The number of carbonyl (C=O) groups excluding carboxylic acids is 1. The molecule has 0 fully saturated rings. The zero-order chi connectivity index (χ0) is 13.9. The van der Waals surface area contributed by atoms with Crippen molar-refractivity contribution < 1.29 is 13.2 Å². The third-order valence-electron chi connectivity index (χ3n) is 2.68. The van der Waals surface area contributed by atoms with Crippen LogP contribution in [0.2, 0.25) is 0 Å². The minimum absolute atomic E-state index is 0.0950. The normalized spacial score (nSPS) is 11.2. The van der Waals surface area contributed by atoms with Gasteiger partial charge >= 0.3 is 0 Å². The average molecular weight is 275 g/mol. The highest BCUT2D eigenvalue weighted by atomic mass is 32.2. The molecule has 0 aromatic heterocycles. The Labute approximate surface area is 111 Å². The van der Waals surface area contributed by atoms with Crippen molar-refractivity contribution in [3.8, 4) is 0 Å². The molecule has 0 radical (unpaired) electrons. The SMILES string of the molecule is NC(=O)Cc1ccccc1S(=O)(=O)c1ccccc1. The van der Waals surface area contributed by atoms with Gasteiger partial charge in [0.15, 0.2) is 0 Å². The highest BCUT2D eigenvalue weighted by Gasteiger charge is 2.21. The van der Waals surface area contributed by atoms with E-state index >= 15 is 0 Å². The predicted molar refractivity (Wildman–Crippen MR) is 71.2 cm³/mol. The molecule has 0 spiro atoms. The highest BCUT2D eigenvalue weighted by molar-refractivity contribution is 7.91. The van der Waals surface area contributed by atoms with E-state index < -0.39 is 15.7 Å². The number of hydrogen-bond donors (Lipinski definition) is 1. The van der Waals surface area contributed by atoms with Gasteiger partial charge in [0.05, 0.1) is 16.2 Å². The second kappa shape index (κ2) is 5.24. The lowest BCUT2D eigenvalue weighted by molar-refractivity contribution is -0.117. The summed E-state index contributed by atoms with van der Waals surface area (Å²) in [5.74, 6) is -0.560. The second-order valence-electron chi connectivity index (χ2n) is 4.07. The molecule has 0 aliphatic heterocycles. The summed E-state index contributed by atoms with van der Waals surface area (Å²) in [6.07, 6.45) is -0.0950. The van der Waals surface area contributed by atoms with Crippen molar-refractivity contribution in [3.63, 3.8) is 0 Å². The Hall–Kier alpha value is -2.14. The van der Waals surface area contributed by atoms with Crippen LogP contribution in [0.4, 0.5) is 0 Å². The first-order chi connectivity index (χ1) is 9.01. The molecule has 0 unspecified atom stereocenters. The number of nitrogens with two attached hydrogens (primary N) is 1. The fourth-order valence-corrected chi connectivity index (χ4v) is 3.34. The zero-order valence-corrected chi connectivity index (χ0v) is 10.9. The molecule has 5 heteroatoms. The molecule has 2 rings (SSSR count). The summed E-state index contributed by atoms with van der Waals surface area (Å²) >= 11 is 0. The Morgan fingerprint density at radius 2 is 1.53 bits per heavy atom. The molecular weight excluding hydrogens is 262 g/mol.